The summed E-state index contributed by atoms with van der Waals surface area (Å²) >= 11 is 4.57. The highest BCUT2D eigenvalue weighted by molar-refractivity contribution is 7.81. The number of thiol groups is 1. The lowest BCUT2D eigenvalue weighted by atomic mass is 9.94. The Hall–Kier alpha value is -4.10. The lowest BCUT2D eigenvalue weighted by Gasteiger charge is -2.31. The molecule has 0 radical (unpaired) electrons. The van der Waals surface area contributed by atoms with Gasteiger partial charge >= 0.3 is 5.97 Å². The Labute approximate surface area is 245 Å². The lowest BCUT2D eigenvalue weighted by molar-refractivity contribution is -0.143. The van der Waals surface area contributed by atoms with Crippen molar-refractivity contribution in [2.24, 2.45) is 0 Å². The van der Waals surface area contributed by atoms with E-state index in [0.717, 1.165) is 45.9 Å². The van der Waals surface area contributed by atoms with E-state index in [9.17, 15) is 19.5 Å². The highest BCUT2D eigenvalue weighted by atomic mass is 32.1. The summed E-state index contributed by atoms with van der Waals surface area (Å²) in [6, 6.07) is 30.6. The third-order valence-electron chi connectivity index (χ3n) is 7.90. The number of carbonyl (C=O) groups excluding carboxylic acids is 2. The van der Waals surface area contributed by atoms with Gasteiger partial charge in [0.25, 0.3) is 0 Å². The number of hydrogen-bond donors (Lipinski definition) is 4. The molecular weight excluding hydrogens is 532 g/mol. The Balaban J connectivity index is 1.24. The van der Waals surface area contributed by atoms with Crippen LogP contribution < -0.4 is 10.6 Å². The number of benzene rings is 4. The molecule has 4 aromatic carbocycles. The zero-order valence-electron chi connectivity index (χ0n) is 22.8. The minimum absolute atomic E-state index is 0.136. The molecule has 0 aliphatic heterocycles. The minimum Gasteiger partial charge on any atom is -0.480 e. The van der Waals surface area contributed by atoms with Crippen molar-refractivity contribution in [2.45, 2.75) is 55.4 Å². The van der Waals surface area contributed by atoms with E-state index in [1.165, 1.54) is 0 Å². The first-order valence-corrected chi connectivity index (χ1v) is 14.5. The molecule has 0 spiro atoms. The summed E-state index contributed by atoms with van der Waals surface area (Å²) in [6.07, 6.45) is 3.01. The van der Waals surface area contributed by atoms with Crippen LogP contribution >= 0.6 is 12.6 Å². The fourth-order valence-electron chi connectivity index (χ4n) is 5.58. The van der Waals surface area contributed by atoms with Gasteiger partial charge in [-0.3, -0.25) is 9.59 Å². The molecule has 2 atom stereocenters. The van der Waals surface area contributed by atoms with Gasteiger partial charge in [0.15, 0.2) is 0 Å². The van der Waals surface area contributed by atoms with Crippen LogP contribution in [0.15, 0.2) is 97.1 Å². The Bertz CT molecular complexity index is 1530. The number of amides is 2. The molecule has 1 aliphatic carbocycles. The van der Waals surface area contributed by atoms with E-state index in [1.54, 1.807) is 0 Å². The normalized spacial score (nSPS) is 15.6. The van der Waals surface area contributed by atoms with E-state index >= 15 is 0 Å². The third kappa shape index (κ3) is 6.80. The van der Waals surface area contributed by atoms with Crippen molar-refractivity contribution in [3.8, 4) is 11.1 Å². The van der Waals surface area contributed by atoms with Crippen LogP contribution in [0.1, 0.15) is 36.8 Å². The molecule has 5 rings (SSSR count). The molecule has 1 unspecified atom stereocenters. The lowest BCUT2D eigenvalue weighted by Crippen LogP contribution is -2.61. The van der Waals surface area contributed by atoms with Crippen molar-refractivity contribution in [1.29, 1.82) is 0 Å². The summed E-state index contributed by atoms with van der Waals surface area (Å²) in [5.74, 6) is -1.90. The SMILES string of the molecule is O=C(NC1(C(=O)N[C@@H](Cc2ccc(-c3ccccc3)cc2)C(=O)O)CCCC1)C(S)Cc1ccc2ccccc2c1. The van der Waals surface area contributed by atoms with Crippen LogP contribution in [0.25, 0.3) is 21.9 Å². The fraction of sp³-hybridized carbons (Fsp3) is 0.265. The Morgan fingerprint density at radius 3 is 2.05 bits per heavy atom. The Morgan fingerprint density at radius 1 is 0.756 bits per heavy atom. The number of hydrogen-bond acceptors (Lipinski definition) is 4. The number of nitrogens with one attached hydrogen (secondary N) is 2. The predicted octanol–water partition coefficient (Wildman–Crippen LogP) is 5.59. The number of aliphatic carboxylic acids is 1. The zero-order valence-corrected chi connectivity index (χ0v) is 23.6. The van der Waals surface area contributed by atoms with E-state index < -0.39 is 28.7 Å². The van der Waals surface area contributed by atoms with E-state index in [0.29, 0.717) is 19.3 Å². The van der Waals surface area contributed by atoms with E-state index in [1.807, 2.05) is 97.1 Å². The van der Waals surface area contributed by atoms with Crippen molar-refractivity contribution >= 4 is 41.2 Å². The van der Waals surface area contributed by atoms with Crippen LogP contribution in [0.3, 0.4) is 0 Å². The van der Waals surface area contributed by atoms with Gasteiger partial charge in [-0.1, -0.05) is 110 Å². The summed E-state index contributed by atoms with van der Waals surface area (Å²) in [5.41, 5.74) is 2.74. The van der Waals surface area contributed by atoms with Gasteiger partial charge in [-0.05, 0) is 52.3 Å². The topological polar surface area (TPSA) is 95.5 Å². The molecule has 1 aliphatic rings. The molecule has 6 nitrogen and oxygen atoms in total. The molecule has 7 heteroatoms. The number of rotatable bonds is 10. The van der Waals surface area contributed by atoms with E-state index in [4.69, 9.17) is 0 Å². The monoisotopic (exact) mass is 566 g/mol. The average Bonchev–Trinajstić information content (AvgIpc) is 3.47. The van der Waals surface area contributed by atoms with Gasteiger partial charge in [0.1, 0.15) is 11.6 Å². The standard InChI is InChI=1S/C34H34N2O4S/c37-31(30(41)22-24-14-17-26-10-4-5-11-28(26)20-24)36-34(18-6-7-19-34)33(40)35-29(32(38)39)21-23-12-15-27(16-13-23)25-8-2-1-3-9-25/h1-5,8-17,20,29-30,41H,6-7,18-19,21-22H2,(H,35,40)(H,36,37)(H,38,39)/t29-,30?/m0/s1. The van der Waals surface area contributed by atoms with Gasteiger partial charge in [0.2, 0.25) is 11.8 Å². The van der Waals surface area contributed by atoms with Gasteiger partial charge in [0, 0.05) is 6.42 Å². The van der Waals surface area contributed by atoms with Crippen molar-refractivity contribution in [2.75, 3.05) is 0 Å². The quantitative estimate of drug-likeness (QED) is 0.188. The molecule has 1 fully saturated rings. The fourth-order valence-corrected chi connectivity index (χ4v) is 5.86. The second-order valence-corrected chi connectivity index (χ2v) is 11.4. The first kappa shape index (κ1) is 28.4. The van der Waals surface area contributed by atoms with Crippen molar-refractivity contribution in [1.82, 2.24) is 10.6 Å². The van der Waals surface area contributed by atoms with Crippen LogP contribution in [0.4, 0.5) is 0 Å². The van der Waals surface area contributed by atoms with Gasteiger partial charge < -0.3 is 15.7 Å². The van der Waals surface area contributed by atoms with Crippen LogP contribution in [0.5, 0.6) is 0 Å². The van der Waals surface area contributed by atoms with E-state index in [-0.39, 0.29) is 12.3 Å². The van der Waals surface area contributed by atoms with E-state index in [2.05, 4.69) is 23.3 Å². The van der Waals surface area contributed by atoms with Crippen molar-refractivity contribution < 1.29 is 19.5 Å². The van der Waals surface area contributed by atoms with Crippen LogP contribution in [0.2, 0.25) is 0 Å². The summed E-state index contributed by atoms with van der Waals surface area (Å²) in [4.78, 5) is 39.0. The average molecular weight is 567 g/mol. The first-order valence-electron chi connectivity index (χ1n) is 14.0. The second-order valence-electron chi connectivity index (χ2n) is 10.8. The second kappa shape index (κ2) is 12.6. The number of carboxylic acid groups (broad SMARTS) is 1. The number of carboxylic acids is 1. The molecule has 0 saturated heterocycles. The van der Waals surface area contributed by atoms with Crippen LogP contribution in [0, 0.1) is 0 Å². The highest BCUT2D eigenvalue weighted by Crippen LogP contribution is 2.31. The molecule has 4 aromatic rings. The zero-order chi connectivity index (χ0) is 28.8. The highest BCUT2D eigenvalue weighted by Gasteiger charge is 2.44. The summed E-state index contributed by atoms with van der Waals surface area (Å²) in [6.45, 7) is 0. The molecule has 0 bridgehead atoms. The summed E-state index contributed by atoms with van der Waals surface area (Å²) in [7, 11) is 0. The molecule has 2 amide bonds. The summed E-state index contributed by atoms with van der Waals surface area (Å²) < 4.78 is 0. The van der Waals surface area contributed by atoms with Crippen molar-refractivity contribution in [3.05, 3.63) is 108 Å². The van der Waals surface area contributed by atoms with Gasteiger partial charge in [-0.15, -0.1) is 0 Å². The molecule has 41 heavy (non-hydrogen) atoms. The van der Waals surface area contributed by atoms with Crippen LogP contribution in [-0.4, -0.2) is 39.7 Å². The first-order chi connectivity index (χ1) is 19.8. The molecular formula is C34H34N2O4S. The van der Waals surface area contributed by atoms with Gasteiger partial charge in [0.05, 0.1) is 5.25 Å². The Morgan fingerprint density at radius 2 is 1.37 bits per heavy atom. The smallest absolute Gasteiger partial charge is 0.326 e. The molecule has 210 valence electrons. The maximum Gasteiger partial charge on any atom is 0.326 e. The number of carbonyl (C=O) groups is 3. The maximum absolute atomic E-state index is 13.6. The van der Waals surface area contributed by atoms with Crippen molar-refractivity contribution in [3.63, 3.8) is 0 Å². The summed E-state index contributed by atoms with van der Waals surface area (Å²) in [5, 5.41) is 17.2. The van der Waals surface area contributed by atoms with Crippen LogP contribution in [-0.2, 0) is 27.2 Å². The predicted molar refractivity (Wildman–Crippen MR) is 165 cm³/mol. The largest absolute Gasteiger partial charge is 0.480 e. The Kier molecular flexibility index (Phi) is 8.74. The van der Waals surface area contributed by atoms with Gasteiger partial charge in [-0.2, -0.15) is 12.6 Å². The minimum atomic E-state index is -1.15. The molecule has 0 heterocycles. The molecule has 0 aromatic heterocycles. The third-order valence-corrected chi connectivity index (χ3v) is 8.32. The molecule has 3 N–H and O–H groups in total. The maximum atomic E-state index is 13.6. The van der Waals surface area contributed by atoms with Gasteiger partial charge in [-0.25, -0.2) is 4.79 Å². The number of fused-ring (bicyclic) bond motifs is 1. The molecule has 1 saturated carbocycles.